The first-order chi connectivity index (χ1) is 10.1. The Bertz CT molecular complexity index is 541. The van der Waals surface area contributed by atoms with Gasteiger partial charge in [-0.3, -0.25) is 4.98 Å². The summed E-state index contributed by atoms with van der Waals surface area (Å²) in [5, 5.41) is 3.48. The second-order valence-electron chi connectivity index (χ2n) is 5.76. The van der Waals surface area contributed by atoms with Crippen molar-refractivity contribution in [3.8, 4) is 10.7 Å². The van der Waals surface area contributed by atoms with Gasteiger partial charge in [0.15, 0.2) is 5.82 Å². The third kappa shape index (κ3) is 4.58. The topological polar surface area (TPSA) is 50.7 Å². The summed E-state index contributed by atoms with van der Waals surface area (Å²) < 4.78 is 0. The number of hydrogen-bond donors (Lipinski definition) is 1. The van der Waals surface area contributed by atoms with Gasteiger partial charge in [0.1, 0.15) is 0 Å². The molecule has 2 aromatic heterocycles. The lowest BCUT2D eigenvalue weighted by Crippen LogP contribution is -2.21. The molecular formula is C16H24N4S. The van der Waals surface area contributed by atoms with Crippen LogP contribution in [-0.2, 0) is 6.42 Å². The van der Waals surface area contributed by atoms with Crippen LogP contribution < -0.4 is 5.32 Å². The Morgan fingerprint density at radius 1 is 1.19 bits per heavy atom. The molecule has 5 heteroatoms. The minimum atomic E-state index is 0.704. The van der Waals surface area contributed by atoms with Crippen molar-refractivity contribution in [2.75, 3.05) is 13.1 Å². The van der Waals surface area contributed by atoms with Crippen LogP contribution in [0.2, 0.25) is 0 Å². The van der Waals surface area contributed by atoms with Gasteiger partial charge in [-0.05, 0) is 51.3 Å². The molecule has 2 rings (SSSR count). The molecule has 0 radical (unpaired) electrons. The highest BCUT2D eigenvalue weighted by molar-refractivity contribution is 7.13. The Labute approximate surface area is 131 Å². The molecule has 0 spiro atoms. The summed E-state index contributed by atoms with van der Waals surface area (Å²) in [7, 11) is 0. The Balaban J connectivity index is 1.98. The minimum absolute atomic E-state index is 0.704. The first-order valence-electron chi connectivity index (χ1n) is 7.51. The zero-order valence-corrected chi connectivity index (χ0v) is 14.1. The molecule has 0 bridgehead atoms. The maximum atomic E-state index is 4.64. The Morgan fingerprint density at radius 3 is 2.48 bits per heavy atom. The van der Waals surface area contributed by atoms with Crippen molar-refractivity contribution in [3.63, 3.8) is 0 Å². The van der Waals surface area contributed by atoms with Gasteiger partial charge in [0.2, 0.25) is 0 Å². The quantitative estimate of drug-likeness (QED) is 0.797. The van der Waals surface area contributed by atoms with Crippen LogP contribution >= 0.6 is 11.3 Å². The van der Waals surface area contributed by atoms with Crippen molar-refractivity contribution in [2.24, 2.45) is 5.92 Å². The number of nitrogens with one attached hydrogen (secondary N) is 1. The fraction of sp³-hybridized carbons (Fsp3) is 0.562. The van der Waals surface area contributed by atoms with Gasteiger partial charge in [0.25, 0.3) is 0 Å². The zero-order chi connectivity index (χ0) is 15.2. The van der Waals surface area contributed by atoms with Crippen LogP contribution in [-0.4, -0.2) is 28.0 Å². The van der Waals surface area contributed by atoms with Crippen LogP contribution in [0.25, 0.3) is 10.7 Å². The number of nitrogens with zero attached hydrogens (tertiary/aromatic N) is 3. The van der Waals surface area contributed by atoms with Gasteiger partial charge in [-0.1, -0.05) is 13.8 Å². The number of thiazole rings is 1. The molecule has 0 aromatic carbocycles. The lowest BCUT2D eigenvalue weighted by molar-refractivity contribution is 0.542. The molecule has 0 aliphatic heterocycles. The smallest absolute Gasteiger partial charge is 0.171 e. The van der Waals surface area contributed by atoms with Crippen molar-refractivity contribution in [1.29, 1.82) is 0 Å². The van der Waals surface area contributed by atoms with E-state index in [1.807, 2.05) is 11.7 Å². The van der Waals surface area contributed by atoms with E-state index in [1.165, 1.54) is 5.56 Å². The van der Waals surface area contributed by atoms with E-state index in [0.717, 1.165) is 48.0 Å². The van der Waals surface area contributed by atoms with E-state index in [4.69, 9.17) is 0 Å². The maximum Gasteiger partial charge on any atom is 0.171 e. The molecule has 0 aliphatic rings. The molecule has 0 saturated heterocycles. The van der Waals surface area contributed by atoms with Crippen molar-refractivity contribution in [3.05, 3.63) is 28.7 Å². The van der Waals surface area contributed by atoms with E-state index >= 15 is 0 Å². The highest BCUT2D eigenvalue weighted by atomic mass is 32.1. The molecule has 0 fully saturated rings. The monoisotopic (exact) mass is 304 g/mol. The van der Waals surface area contributed by atoms with Crippen molar-refractivity contribution in [2.45, 2.75) is 40.5 Å². The van der Waals surface area contributed by atoms with Crippen LogP contribution in [0.5, 0.6) is 0 Å². The molecular weight excluding hydrogens is 280 g/mol. The largest absolute Gasteiger partial charge is 0.316 e. The normalized spacial score (nSPS) is 11.3. The van der Waals surface area contributed by atoms with Gasteiger partial charge in [0, 0.05) is 17.6 Å². The number of aryl methyl sites for hydroxylation is 2. The van der Waals surface area contributed by atoms with E-state index < -0.39 is 0 Å². The number of aromatic nitrogens is 3. The third-order valence-corrected chi connectivity index (χ3v) is 4.18. The van der Waals surface area contributed by atoms with Gasteiger partial charge in [-0.15, -0.1) is 11.3 Å². The summed E-state index contributed by atoms with van der Waals surface area (Å²) in [5.74, 6) is 1.50. The third-order valence-electron chi connectivity index (χ3n) is 3.41. The summed E-state index contributed by atoms with van der Waals surface area (Å²) in [6, 6.07) is 0. The zero-order valence-electron chi connectivity index (χ0n) is 13.3. The highest BCUT2D eigenvalue weighted by Crippen LogP contribution is 2.22. The SMILES string of the molecule is Cc1nc(-c2cncs2)nc(C)c1CCCNCC(C)C. The molecule has 21 heavy (non-hydrogen) atoms. The van der Waals surface area contributed by atoms with Crippen molar-refractivity contribution < 1.29 is 0 Å². The molecule has 0 saturated carbocycles. The fourth-order valence-corrected chi connectivity index (χ4v) is 2.87. The van der Waals surface area contributed by atoms with Gasteiger partial charge < -0.3 is 5.32 Å². The minimum Gasteiger partial charge on any atom is -0.316 e. The van der Waals surface area contributed by atoms with E-state index in [-0.39, 0.29) is 0 Å². The van der Waals surface area contributed by atoms with Crippen LogP contribution in [0, 0.1) is 19.8 Å². The second-order valence-corrected chi connectivity index (χ2v) is 6.65. The van der Waals surface area contributed by atoms with Crippen molar-refractivity contribution in [1.82, 2.24) is 20.3 Å². The Hall–Kier alpha value is -1.33. The molecule has 0 aliphatic carbocycles. The molecule has 1 N–H and O–H groups in total. The average molecular weight is 304 g/mol. The maximum absolute atomic E-state index is 4.64. The predicted octanol–water partition coefficient (Wildman–Crippen LogP) is 3.40. The lowest BCUT2D eigenvalue weighted by atomic mass is 10.1. The fourth-order valence-electron chi connectivity index (χ4n) is 2.32. The first-order valence-corrected chi connectivity index (χ1v) is 8.39. The van der Waals surface area contributed by atoms with Gasteiger partial charge in [-0.25, -0.2) is 9.97 Å². The molecule has 4 nitrogen and oxygen atoms in total. The molecule has 0 amide bonds. The van der Waals surface area contributed by atoms with Crippen LogP contribution in [0.3, 0.4) is 0 Å². The summed E-state index contributed by atoms with van der Waals surface area (Å²) in [6.07, 6.45) is 3.98. The molecule has 114 valence electrons. The molecule has 0 atom stereocenters. The van der Waals surface area contributed by atoms with Crippen LogP contribution in [0.1, 0.15) is 37.2 Å². The van der Waals surface area contributed by atoms with E-state index in [2.05, 4.69) is 48.0 Å². The summed E-state index contributed by atoms with van der Waals surface area (Å²) in [6.45, 7) is 10.7. The molecule has 2 heterocycles. The predicted molar refractivity (Wildman–Crippen MR) is 88.6 cm³/mol. The molecule has 2 aromatic rings. The first kappa shape index (κ1) is 16.0. The van der Waals surface area contributed by atoms with Gasteiger partial charge in [0.05, 0.1) is 10.4 Å². The summed E-state index contributed by atoms with van der Waals surface area (Å²) in [5.41, 5.74) is 5.29. The lowest BCUT2D eigenvalue weighted by Gasteiger charge is -2.11. The standard InChI is InChI=1S/C16H24N4S/c1-11(2)8-17-7-5-6-14-12(3)19-16(20-13(14)4)15-9-18-10-21-15/h9-11,17H,5-8H2,1-4H3. The van der Waals surface area contributed by atoms with Crippen LogP contribution in [0.15, 0.2) is 11.7 Å². The van der Waals surface area contributed by atoms with E-state index in [1.54, 1.807) is 11.3 Å². The van der Waals surface area contributed by atoms with Crippen molar-refractivity contribution >= 4 is 11.3 Å². The summed E-state index contributed by atoms with van der Waals surface area (Å²) >= 11 is 1.58. The van der Waals surface area contributed by atoms with Crippen LogP contribution in [0.4, 0.5) is 0 Å². The Morgan fingerprint density at radius 2 is 1.90 bits per heavy atom. The number of rotatable bonds is 7. The van der Waals surface area contributed by atoms with Gasteiger partial charge in [-0.2, -0.15) is 0 Å². The number of hydrogen-bond acceptors (Lipinski definition) is 5. The van der Waals surface area contributed by atoms with E-state index in [9.17, 15) is 0 Å². The molecule has 0 unspecified atom stereocenters. The second kappa shape index (κ2) is 7.61. The summed E-state index contributed by atoms with van der Waals surface area (Å²) in [4.78, 5) is 14.4. The van der Waals surface area contributed by atoms with Gasteiger partial charge >= 0.3 is 0 Å². The highest BCUT2D eigenvalue weighted by Gasteiger charge is 2.10. The average Bonchev–Trinajstić information content (AvgIpc) is 2.94. The Kier molecular flexibility index (Phi) is 5.82. The van der Waals surface area contributed by atoms with E-state index in [0.29, 0.717) is 5.92 Å².